The van der Waals surface area contributed by atoms with E-state index >= 15 is 0 Å². The molecule has 2 amide bonds. The normalized spacial score (nSPS) is 19.7. The van der Waals surface area contributed by atoms with Gasteiger partial charge in [0.15, 0.2) is 5.76 Å². The van der Waals surface area contributed by atoms with Crippen LogP contribution in [0, 0.1) is 0 Å². The molecule has 0 radical (unpaired) electrons. The zero-order valence-electron chi connectivity index (χ0n) is 15.2. The Labute approximate surface area is 154 Å². The Morgan fingerprint density at radius 3 is 2.46 bits per heavy atom. The van der Waals surface area contributed by atoms with Crippen molar-refractivity contribution in [1.82, 2.24) is 10.2 Å². The van der Waals surface area contributed by atoms with Gasteiger partial charge in [-0.2, -0.15) is 0 Å². The lowest BCUT2D eigenvalue weighted by Crippen LogP contribution is -2.40. The Morgan fingerprint density at radius 2 is 1.81 bits per heavy atom. The number of benzene rings is 1. The van der Waals surface area contributed by atoms with Crippen LogP contribution in [0.5, 0.6) is 0 Å². The molecule has 5 nitrogen and oxygen atoms in total. The van der Waals surface area contributed by atoms with E-state index in [9.17, 15) is 9.59 Å². The number of carbonyl (C=O) groups is 2. The Hall–Kier alpha value is -2.56. The monoisotopic (exact) mass is 354 g/mol. The third kappa shape index (κ3) is 4.54. The molecule has 1 N–H and O–H groups in total. The average Bonchev–Trinajstić information content (AvgIpc) is 3.23. The van der Waals surface area contributed by atoms with E-state index in [1.54, 1.807) is 12.1 Å². The predicted octanol–water partition coefficient (Wildman–Crippen LogP) is 3.58. The highest BCUT2D eigenvalue weighted by molar-refractivity contribution is 5.91. The van der Waals surface area contributed by atoms with Crippen molar-refractivity contribution in [3.8, 4) is 0 Å². The minimum atomic E-state index is -0.283. The van der Waals surface area contributed by atoms with E-state index in [1.165, 1.54) is 11.8 Å². The Balaban J connectivity index is 1.41. The van der Waals surface area contributed by atoms with Crippen molar-refractivity contribution < 1.29 is 14.0 Å². The molecule has 2 aromatic rings. The molecule has 3 rings (SSSR count). The minimum absolute atomic E-state index is 0.0768. The summed E-state index contributed by atoms with van der Waals surface area (Å²) in [5.41, 5.74) is 1.40. The zero-order valence-corrected chi connectivity index (χ0v) is 15.2. The first-order chi connectivity index (χ1) is 12.6. The third-order valence-corrected chi connectivity index (χ3v) is 5.28. The molecule has 1 aromatic carbocycles. The van der Waals surface area contributed by atoms with E-state index in [-0.39, 0.29) is 17.6 Å². The van der Waals surface area contributed by atoms with E-state index in [0.717, 1.165) is 25.7 Å². The summed E-state index contributed by atoms with van der Waals surface area (Å²) in [5.74, 6) is 0.662. The summed E-state index contributed by atoms with van der Waals surface area (Å²) in [6.07, 6.45) is 6.05. The van der Waals surface area contributed by atoms with Gasteiger partial charge in [0.1, 0.15) is 0 Å². The van der Waals surface area contributed by atoms with E-state index in [1.807, 2.05) is 18.0 Å². The molecule has 1 saturated carbocycles. The molecule has 0 spiro atoms. The SMILES string of the molecule is CN(C(=O)CCNC(=O)c1ccco1)C1CCC(c2ccccc2)CC1. The van der Waals surface area contributed by atoms with Crippen LogP contribution in [0.15, 0.2) is 53.1 Å². The predicted molar refractivity (Wildman–Crippen MR) is 99.9 cm³/mol. The van der Waals surface area contributed by atoms with Gasteiger partial charge in [-0.25, -0.2) is 0 Å². The quantitative estimate of drug-likeness (QED) is 0.862. The highest BCUT2D eigenvalue weighted by atomic mass is 16.3. The van der Waals surface area contributed by atoms with Gasteiger partial charge in [-0.15, -0.1) is 0 Å². The number of nitrogens with zero attached hydrogens (tertiary/aromatic N) is 1. The zero-order chi connectivity index (χ0) is 18.4. The Kier molecular flexibility index (Phi) is 6.10. The van der Waals surface area contributed by atoms with Crippen molar-refractivity contribution in [2.45, 2.75) is 44.1 Å². The lowest BCUT2D eigenvalue weighted by Gasteiger charge is -2.35. The number of rotatable bonds is 6. The smallest absolute Gasteiger partial charge is 0.286 e. The number of nitrogens with one attached hydrogen (secondary N) is 1. The van der Waals surface area contributed by atoms with Gasteiger partial charge in [0.2, 0.25) is 5.91 Å². The molecule has 1 aromatic heterocycles. The maximum atomic E-state index is 12.4. The fraction of sp³-hybridized carbons (Fsp3) is 0.429. The second kappa shape index (κ2) is 8.70. The first kappa shape index (κ1) is 18.2. The summed E-state index contributed by atoms with van der Waals surface area (Å²) < 4.78 is 5.03. The molecule has 0 atom stereocenters. The first-order valence-electron chi connectivity index (χ1n) is 9.27. The molecular formula is C21H26N2O3. The number of hydrogen-bond acceptors (Lipinski definition) is 3. The van der Waals surface area contributed by atoms with Crippen LogP contribution >= 0.6 is 0 Å². The van der Waals surface area contributed by atoms with Gasteiger partial charge in [0.25, 0.3) is 5.91 Å². The topological polar surface area (TPSA) is 62.6 Å². The second-order valence-electron chi connectivity index (χ2n) is 6.90. The third-order valence-electron chi connectivity index (χ3n) is 5.28. The lowest BCUT2D eigenvalue weighted by atomic mass is 9.81. The van der Waals surface area contributed by atoms with Gasteiger partial charge in [-0.1, -0.05) is 30.3 Å². The summed E-state index contributed by atoms with van der Waals surface area (Å²) >= 11 is 0. The Bertz CT molecular complexity index is 704. The lowest BCUT2D eigenvalue weighted by molar-refractivity contribution is -0.132. The van der Waals surface area contributed by atoms with Gasteiger partial charge in [-0.3, -0.25) is 9.59 Å². The van der Waals surface area contributed by atoms with Gasteiger partial charge in [-0.05, 0) is 49.3 Å². The molecule has 1 fully saturated rings. The van der Waals surface area contributed by atoms with Crippen LogP contribution in [0.1, 0.15) is 54.1 Å². The molecule has 1 aliphatic rings. The largest absolute Gasteiger partial charge is 0.459 e. The molecule has 1 heterocycles. The first-order valence-corrected chi connectivity index (χ1v) is 9.27. The van der Waals surface area contributed by atoms with Crippen molar-refractivity contribution in [1.29, 1.82) is 0 Å². The highest BCUT2D eigenvalue weighted by Crippen LogP contribution is 2.34. The number of carbonyl (C=O) groups excluding carboxylic acids is 2. The van der Waals surface area contributed by atoms with Gasteiger partial charge in [0, 0.05) is 26.1 Å². The van der Waals surface area contributed by atoms with Crippen LogP contribution in [0.25, 0.3) is 0 Å². The standard InChI is InChI=1S/C21H26N2O3/c1-23(20(24)13-14-22-21(25)19-8-5-15-26-19)18-11-9-17(10-12-18)16-6-3-2-4-7-16/h2-8,15,17-18H,9-14H2,1H3,(H,22,25). The van der Waals surface area contributed by atoms with Gasteiger partial charge in [0.05, 0.1) is 6.26 Å². The van der Waals surface area contributed by atoms with E-state index in [0.29, 0.717) is 24.9 Å². The molecular weight excluding hydrogens is 328 g/mol. The number of furan rings is 1. The van der Waals surface area contributed by atoms with Crippen LogP contribution in [-0.4, -0.2) is 36.3 Å². The highest BCUT2D eigenvalue weighted by Gasteiger charge is 2.27. The average molecular weight is 354 g/mol. The van der Waals surface area contributed by atoms with E-state index in [2.05, 4.69) is 29.6 Å². The van der Waals surface area contributed by atoms with Crippen molar-refractivity contribution >= 4 is 11.8 Å². The summed E-state index contributed by atoms with van der Waals surface area (Å²) in [7, 11) is 1.88. The van der Waals surface area contributed by atoms with Crippen molar-refractivity contribution in [2.24, 2.45) is 0 Å². The summed E-state index contributed by atoms with van der Waals surface area (Å²) in [4.78, 5) is 26.1. The summed E-state index contributed by atoms with van der Waals surface area (Å²) in [5, 5.41) is 2.72. The van der Waals surface area contributed by atoms with Crippen LogP contribution in [0.4, 0.5) is 0 Å². The molecule has 1 aliphatic carbocycles. The molecule has 0 unspecified atom stereocenters. The van der Waals surface area contributed by atoms with Crippen molar-refractivity contribution in [3.63, 3.8) is 0 Å². The second-order valence-corrected chi connectivity index (χ2v) is 6.90. The summed E-state index contributed by atoms with van der Waals surface area (Å²) in [6.45, 7) is 0.321. The summed E-state index contributed by atoms with van der Waals surface area (Å²) in [6, 6.07) is 14.2. The van der Waals surface area contributed by atoms with Gasteiger partial charge >= 0.3 is 0 Å². The van der Waals surface area contributed by atoms with Crippen LogP contribution in [-0.2, 0) is 4.79 Å². The molecule has 0 aliphatic heterocycles. The maximum Gasteiger partial charge on any atom is 0.286 e. The molecule has 0 bridgehead atoms. The molecule has 0 saturated heterocycles. The van der Waals surface area contributed by atoms with Crippen LogP contribution in [0.3, 0.4) is 0 Å². The molecule has 138 valence electrons. The van der Waals surface area contributed by atoms with E-state index in [4.69, 9.17) is 4.42 Å². The maximum absolute atomic E-state index is 12.4. The number of amides is 2. The van der Waals surface area contributed by atoms with Crippen LogP contribution < -0.4 is 5.32 Å². The van der Waals surface area contributed by atoms with E-state index < -0.39 is 0 Å². The molecule has 26 heavy (non-hydrogen) atoms. The van der Waals surface area contributed by atoms with Crippen LogP contribution in [0.2, 0.25) is 0 Å². The number of hydrogen-bond donors (Lipinski definition) is 1. The fourth-order valence-electron chi connectivity index (χ4n) is 3.68. The fourth-order valence-corrected chi connectivity index (χ4v) is 3.68. The Morgan fingerprint density at radius 1 is 1.08 bits per heavy atom. The van der Waals surface area contributed by atoms with Crippen molar-refractivity contribution in [3.05, 3.63) is 60.1 Å². The van der Waals surface area contributed by atoms with Gasteiger partial charge < -0.3 is 14.6 Å². The minimum Gasteiger partial charge on any atom is -0.459 e. The molecule has 5 heteroatoms. The van der Waals surface area contributed by atoms with Crippen molar-refractivity contribution in [2.75, 3.05) is 13.6 Å².